The molecule has 1 aromatic heterocycles. The van der Waals surface area contributed by atoms with Gasteiger partial charge in [-0.2, -0.15) is 0 Å². The van der Waals surface area contributed by atoms with Crippen molar-refractivity contribution in [2.24, 2.45) is 0 Å². The average Bonchev–Trinajstić information content (AvgIpc) is 2.18. The molecule has 1 heteroatoms. The second-order valence-corrected chi connectivity index (χ2v) is 3.07. The zero-order valence-electron chi connectivity index (χ0n) is 7.64. The molecular formula is C13H9N. The summed E-state index contributed by atoms with van der Waals surface area (Å²) < 4.78 is 0. The topological polar surface area (TPSA) is 12.9 Å². The van der Waals surface area contributed by atoms with Crippen LogP contribution in [-0.2, 0) is 0 Å². The number of pyridine rings is 1. The summed E-state index contributed by atoms with van der Waals surface area (Å²) in [6.07, 6.45) is 0. The van der Waals surface area contributed by atoms with Gasteiger partial charge < -0.3 is 0 Å². The van der Waals surface area contributed by atoms with Crippen LogP contribution in [0.1, 0.15) is 11.3 Å². The van der Waals surface area contributed by atoms with Gasteiger partial charge in [0.1, 0.15) is 0 Å². The maximum Gasteiger partial charge on any atom is 0.0705 e. The van der Waals surface area contributed by atoms with Gasteiger partial charge in [0.05, 0.1) is 5.69 Å². The van der Waals surface area contributed by atoms with Gasteiger partial charge in [0, 0.05) is 18.2 Å². The Morgan fingerprint density at radius 2 is 1.71 bits per heavy atom. The lowest BCUT2D eigenvalue weighted by atomic mass is 10.1. The number of nitrogens with zero attached hydrogens (tertiary/aromatic N) is 1. The molecule has 0 N–H and O–H groups in total. The lowest BCUT2D eigenvalue weighted by molar-refractivity contribution is 1.27. The summed E-state index contributed by atoms with van der Waals surface area (Å²) in [5, 5.41) is 0. The number of aromatic nitrogens is 1. The number of hydrogen-bond donors (Lipinski definition) is 0. The molecule has 0 aliphatic heterocycles. The molecule has 2 rings (SSSR count). The van der Waals surface area contributed by atoms with E-state index >= 15 is 0 Å². The highest BCUT2D eigenvalue weighted by atomic mass is 14.7. The van der Waals surface area contributed by atoms with Gasteiger partial charge in [-0.1, -0.05) is 24.3 Å². The lowest BCUT2D eigenvalue weighted by Crippen LogP contribution is -1.86. The predicted molar refractivity (Wildman–Crippen MR) is 56.5 cm³/mol. The SMILES string of the molecule is [CH]c1cccc(-c2cccc([CH])n2)c1. The van der Waals surface area contributed by atoms with Crippen LogP contribution < -0.4 is 0 Å². The third-order valence-electron chi connectivity index (χ3n) is 1.95. The third kappa shape index (κ3) is 1.82. The fourth-order valence-electron chi connectivity index (χ4n) is 1.31. The third-order valence-corrected chi connectivity index (χ3v) is 1.95. The van der Waals surface area contributed by atoms with E-state index in [2.05, 4.69) is 4.98 Å². The maximum atomic E-state index is 5.67. The van der Waals surface area contributed by atoms with Gasteiger partial charge in [-0.25, -0.2) is 0 Å². The first kappa shape index (κ1) is 8.95. The van der Waals surface area contributed by atoms with Crippen LogP contribution in [0.4, 0.5) is 0 Å². The Kier molecular flexibility index (Phi) is 2.32. The molecule has 2 aromatic rings. The van der Waals surface area contributed by atoms with E-state index in [-0.39, 0.29) is 0 Å². The lowest BCUT2D eigenvalue weighted by Gasteiger charge is -2.02. The zero-order chi connectivity index (χ0) is 9.97. The zero-order valence-corrected chi connectivity index (χ0v) is 7.64. The Balaban J connectivity index is 2.49. The fourth-order valence-corrected chi connectivity index (χ4v) is 1.31. The van der Waals surface area contributed by atoms with Crippen LogP contribution in [0.25, 0.3) is 11.3 Å². The van der Waals surface area contributed by atoms with Crippen molar-refractivity contribution in [3.05, 3.63) is 67.6 Å². The first-order chi connectivity index (χ1) is 6.75. The highest BCUT2D eigenvalue weighted by Gasteiger charge is 1.98. The van der Waals surface area contributed by atoms with Gasteiger partial charge in [0.2, 0.25) is 0 Å². The average molecular weight is 179 g/mol. The molecule has 0 unspecified atom stereocenters. The minimum atomic E-state index is 0.518. The van der Waals surface area contributed by atoms with Gasteiger partial charge in [-0.05, 0) is 30.7 Å². The highest BCUT2D eigenvalue weighted by molar-refractivity contribution is 5.60. The summed E-state index contributed by atoms with van der Waals surface area (Å²) in [5.41, 5.74) is 3.08. The number of hydrogen-bond acceptors (Lipinski definition) is 1. The molecule has 66 valence electrons. The van der Waals surface area contributed by atoms with E-state index in [1.165, 1.54) is 0 Å². The van der Waals surface area contributed by atoms with Crippen molar-refractivity contribution in [2.45, 2.75) is 0 Å². The second kappa shape index (κ2) is 3.62. The van der Waals surface area contributed by atoms with Crippen molar-refractivity contribution in [3.63, 3.8) is 0 Å². The van der Waals surface area contributed by atoms with E-state index in [1.54, 1.807) is 6.07 Å². The summed E-state index contributed by atoms with van der Waals surface area (Å²) in [6, 6.07) is 13.1. The Morgan fingerprint density at radius 1 is 0.929 bits per heavy atom. The molecule has 0 amide bonds. The predicted octanol–water partition coefficient (Wildman–Crippen LogP) is 2.87. The molecular weight excluding hydrogens is 170 g/mol. The molecule has 1 aromatic carbocycles. The van der Waals surface area contributed by atoms with Crippen molar-refractivity contribution in [2.75, 3.05) is 0 Å². The summed E-state index contributed by atoms with van der Waals surface area (Å²) >= 11 is 0. The molecule has 0 aliphatic rings. The van der Waals surface area contributed by atoms with E-state index in [0.717, 1.165) is 16.8 Å². The van der Waals surface area contributed by atoms with Crippen LogP contribution in [-0.4, -0.2) is 4.98 Å². The van der Waals surface area contributed by atoms with E-state index in [1.807, 2.05) is 36.4 Å². The van der Waals surface area contributed by atoms with E-state index in [4.69, 9.17) is 13.8 Å². The smallest absolute Gasteiger partial charge is 0.0705 e. The highest BCUT2D eigenvalue weighted by Crippen LogP contribution is 2.17. The van der Waals surface area contributed by atoms with Crippen molar-refractivity contribution in [1.82, 2.24) is 4.98 Å². The first-order valence-electron chi connectivity index (χ1n) is 4.34. The van der Waals surface area contributed by atoms with Crippen molar-refractivity contribution >= 4 is 0 Å². The Hall–Kier alpha value is -1.63. The number of benzene rings is 1. The van der Waals surface area contributed by atoms with Crippen LogP contribution >= 0.6 is 0 Å². The van der Waals surface area contributed by atoms with E-state index in [0.29, 0.717) is 5.69 Å². The molecule has 0 saturated carbocycles. The molecule has 0 spiro atoms. The summed E-state index contributed by atoms with van der Waals surface area (Å²) in [6.45, 7) is 11.3. The molecule has 0 atom stereocenters. The molecule has 0 fully saturated rings. The summed E-state index contributed by atoms with van der Waals surface area (Å²) in [4.78, 5) is 4.21. The molecule has 14 heavy (non-hydrogen) atoms. The second-order valence-electron chi connectivity index (χ2n) is 3.07. The van der Waals surface area contributed by atoms with Gasteiger partial charge in [-0.3, -0.25) is 4.98 Å². The van der Waals surface area contributed by atoms with Gasteiger partial charge in [0.25, 0.3) is 0 Å². The van der Waals surface area contributed by atoms with Gasteiger partial charge in [-0.15, -0.1) is 0 Å². The van der Waals surface area contributed by atoms with Gasteiger partial charge >= 0.3 is 0 Å². The largest absolute Gasteiger partial charge is 0.253 e. The minimum Gasteiger partial charge on any atom is -0.253 e. The summed E-state index contributed by atoms with van der Waals surface area (Å²) in [5.74, 6) is 0. The maximum absolute atomic E-state index is 5.67. The minimum absolute atomic E-state index is 0.518. The van der Waals surface area contributed by atoms with Crippen LogP contribution in [0.3, 0.4) is 0 Å². The Morgan fingerprint density at radius 3 is 2.43 bits per heavy atom. The van der Waals surface area contributed by atoms with E-state index < -0.39 is 0 Å². The Bertz CT molecular complexity index is 403. The van der Waals surface area contributed by atoms with Crippen LogP contribution in [0.15, 0.2) is 42.5 Å². The quantitative estimate of drug-likeness (QED) is 0.656. The normalized spacial score (nSPS) is 10.1. The molecule has 4 radical (unpaired) electrons. The standard InChI is InChI=1S/C13H9N/c1-10-5-3-7-12(9-10)13-8-4-6-11(2)14-13/h1-9H. The Labute approximate surface area is 84.4 Å². The molecule has 0 bridgehead atoms. The fraction of sp³-hybridized carbons (Fsp3) is 0. The first-order valence-corrected chi connectivity index (χ1v) is 4.34. The van der Waals surface area contributed by atoms with Crippen molar-refractivity contribution < 1.29 is 0 Å². The number of rotatable bonds is 1. The molecule has 1 heterocycles. The molecule has 0 saturated heterocycles. The van der Waals surface area contributed by atoms with Gasteiger partial charge in [0.15, 0.2) is 0 Å². The van der Waals surface area contributed by atoms with Crippen LogP contribution in [0.2, 0.25) is 0 Å². The van der Waals surface area contributed by atoms with E-state index in [9.17, 15) is 0 Å². The van der Waals surface area contributed by atoms with Crippen molar-refractivity contribution in [1.29, 1.82) is 0 Å². The monoisotopic (exact) mass is 179 g/mol. The van der Waals surface area contributed by atoms with Crippen LogP contribution in [0, 0.1) is 13.8 Å². The summed E-state index contributed by atoms with van der Waals surface area (Å²) in [7, 11) is 0. The van der Waals surface area contributed by atoms with Crippen LogP contribution in [0.5, 0.6) is 0 Å². The molecule has 1 nitrogen and oxygen atoms in total. The molecule has 0 aliphatic carbocycles. The van der Waals surface area contributed by atoms with Crippen molar-refractivity contribution in [3.8, 4) is 11.3 Å².